The molecule has 0 radical (unpaired) electrons. The first-order valence-electron chi connectivity index (χ1n) is 6.58. The number of rotatable bonds is 6. The van der Waals surface area contributed by atoms with Crippen LogP contribution in [0.4, 0.5) is 5.69 Å². The summed E-state index contributed by atoms with van der Waals surface area (Å²) in [6.45, 7) is 0.894. The second kappa shape index (κ2) is 6.81. The molecule has 0 spiro atoms. The van der Waals surface area contributed by atoms with E-state index in [2.05, 4.69) is 9.98 Å². The summed E-state index contributed by atoms with van der Waals surface area (Å²) in [5.74, 6) is 0.0232. The van der Waals surface area contributed by atoms with Crippen molar-refractivity contribution in [2.24, 2.45) is 26.9 Å². The molecule has 0 fully saturated rings. The number of guanidine groups is 1. The van der Waals surface area contributed by atoms with Gasteiger partial charge in [-0.05, 0) is 11.6 Å². The van der Waals surface area contributed by atoms with E-state index in [1.165, 1.54) is 0 Å². The molecule has 1 heterocycles. The van der Waals surface area contributed by atoms with Gasteiger partial charge in [0.15, 0.2) is 5.96 Å². The monoisotopic (exact) mass is 286 g/mol. The van der Waals surface area contributed by atoms with E-state index >= 15 is 0 Å². The third-order valence-corrected chi connectivity index (χ3v) is 3.06. The summed E-state index contributed by atoms with van der Waals surface area (Å²) >= 11 is 0. The maximum Gasteiger partial charge on any atom is 0.185 e. The highest BCUT2D eigenvalue weighted by molar-refractivity contribution is 5.94. The van der Waals surface area contributed by atoms with E-state index in [1.807, 2.05) is 30.3 Å². The Balaban J connectivity index is 2.03. The molecule has 1 unspecified atom stereocenters. The molecule has 1 aromatic carbocycles. The highest BCUT2D eigenvalue weighted by Gasteiger charge is 2.26. The average Bonchev–Trinajstić information content (AvgIpc) is 2.67. The highest BCUT2D eigenvalue weighted by Crippen LogP contribution is 2.27. The number of fused-ring (bicyclic) bond motifs is 1. The molecule has 0 saturated heterocycles. The summed E-state index contributed by atoms with van der Waals surface area (Å²) in [6.07, 6.45) is 6.13. The third kappa shape index (κ3) is 4.00. The van der Waals surface area contributed by atoms with Crippen LogP contribution in [-0.2, 0) is 9.53 Å². The Morgan fingerprint density at radius 2 is 2.19 bits per heavy atom. The van der Waals surface area contributed by atoms with Gasteiger partial charge in [-0.25, -0.2) is 0 Å². The number of nitrogens with zero attached hydrogens (tertiary/aromatic N) is 2. The topological polar surface area (TPSA) is 103 Å². The summed E-state index contributed by atoms with van der Waals surface area (Å²) in [6, 6.07) is 7.68. The van der Waals surface area contributed by atoms with Crippen molar-refractivity contribution in [3.8, 4) is 0 Å². The number of nitrogens with two attached hydrogens (primary N) is 2. The molecule has 6 nitrogen and oxygen atoms in total. The van der Waals surface area contributed by atoms with Gasteiger partial charge in [0, 0.05) is 6.21 Å². The smallest absolute Gasteiger partial charge is 0.185 e. The number of aliphatic imine (C=N–C) groups is 2. The summed E-state index contributed by atoms with van der Waals surface area (Å²) in [7, 11) is 0. The lowest BCUT2D eigenvalue weighted by molar-refractivity contribution is -0.113. The van der Waals surface area contributed by atoms with Crippen LogP contribution in [-0.4, -0.2) is 38.2 Å². The van der Waals surface area contributed by atoms with E-state index in [0.717, 1.165) is 17.5 Å². The lowest BCUT2D eigenvalue weighted by Crippen LogP contribution is -2.29. The fourth-order valence-corrected chi connectivity index (χ4v) is 1.90. The standard InChI is InChI=1S/C15H18N4O2/c16-14(17)18-7-8-21-11-15(10-20)6-5-12-3-1-2-4-13(12)19-9-15/h1-6,9-10H,7-8,11H2,(H4,16,17,18). The van der Waals surface area contributed by atoms with Crippen molar-refractivity contribution in [1.29, 1.82) is 0 Å². The molecule has 0 saturated carbocycles. The van der Waals surface area contributed by atoms with Crippen LogP contribution in [0.15, 0.2) is 40.3 Å². The largest absolute Gasteiger partial charge is 0.378 e. The van der Waals surface area contributed by atoms with Crippen molar-refractivity contribution in [2.75, 3.05) is 19.8 Å². The minimum absolute atomic E-state index is 0.0232. The summed E-state index contributed by atoms with van der Waals surface area (Å²) < 4.78 is 5.48. The molecule has 2 rings (SSSR count). The summed E-state index contributed by atoms with van der Waals surface area (Å²) in [5, 5.41) is 0. The van der Waals surface area contributed by atoms with E-state index < -0.39 is 5.41 Å². The maximum atomic E-state index is 11.5. The predicted molar refractivity (Wildman–Crippen MR) is 83.6 cm³/mol. The van der Waals surface area contributed by atoms with Gasteiger partial charge in [-0.1, -0.05) is 30.4 Å². The van der Waals surface area contributed by atoms with Crippen LogP contribution in [0.25, 0.3) is 6.08 Å². The number of para-hydroxylation sites is 1. The molecule has 0 aliphatic carbocycles. The van der Waals surface area contributed by atoms with Gasteiger partial charge in [-0.3, -0.25) is 9.98 Å². The number of carbonyl (C=O) groups is 1. The van der Waals surface area contributed by atoms with Crippen LogP contribution in [0, 0.1) is 5.41 Å². The first kappa shape index (κ1) is 14.9. The normalized spacial score (nSPS) is 19.6. The van der Waals surface area contributed by atoms with Crippen LogP contribution in [0.3, 0.4) is 0 Å². The van der Waals surface area contributed by atoms with Gasteiger partial charge in [-0.15, -0.1) is 0 Å². The fraction of sp³-hybridized carbons (Fsp3) is 0.267. The van der Waals surface area contributed by atoms with Crippen LogP contribution in [0.2, 0.25) is 0 Å². The molecule has 1 aliphatic heterocycles. The molecule has 1 aromatic rings. The first-order chi connectivity index (χ1) is 10.2. The third-order valence-electron chi connectivity index (χ3n) is 3.06. The fourth-order valence-electron chi connectivity index (χ4n) is 1.90. The molecular weight excluding hydrogens is 268 g/mol. The van der Waals surface area contributed by atoms with Crippen molar-refractivity contribution in [3.63, 3.8) is 0 Å². The van der Waals surface area contributed by atoms with E-state index in [-0.39, 0.29) is 12.6 Å². The highest BCUT2D eigenvalue weighted by atomic mass is 16.5. The van der Waals surface area contributed by atoms with Crippen molar-refractivity contribution < 1.29 is 9.53 Å². The quantitative estimate of drug-likeness (QED) is 0.351. The molecule has 6 heteroatoms. The number of hydrogen-bond donors (Lipinski definition) is 2. The maximum absolute atomic E-state index is 11.5. The number of hydrogen-bond acceptors (Lipinski definition) is 4. The summed E-state index contributed by atoms with van der Waals surface area (Å²) in [4.78, 5) is 19.7. The van der Waals surface area contributed by atoms with E-state index in [4.69, 9.17) is 16.2 Å². The molecule has 110 valence electrons. The van der Waals surface area contributed by atoms with Gasteiger partial charge in [-0.2, -0.15) is 0 Å². The Bertz CT molecular complexity index is 556. The summed E-state index contributed by atoms with van der Waals surface area (Å²) in [5.41, 5.74) is 11.4. The van der Waals surface area contributed by atoms with Gasteiger partial charge >= 0.3 is 0 Å². The molecule has 0 aromatic heterocycles. The minimum Gasteiger partial charge on any atom is -0.378 e. The van der Waals surface area contributed by atoms with Crippen molar-refractivity contribution in [3.05, 3.63) is 35.9 Å². The molecule has 0 amide bonds. The average molecular weight is 286 g/mol. The second-order valence-corrected chi connectivity index (χ2v) is 4.74. The van der Waals surface area contributed by atoms with Crippen molar-refractivity contribution in [2.45, 2.75) is 0 Å². The van der Waals surface area contributed by atoms with Gasteiger partial charge in [0.1, 0.15) is 11.7 Å². The van der Waals surface area contributed by atoms with Gasteiger partial charge in [0.25, 0.3) is 0 Å². The Labute approximate surface area is 123 Å². The van der Waals surface area contributed by atoms with Gasteiger partial charge < -0.3 is 21.0 Å². The van der Waals surface area contributed by atoms with Crippen molar-refractivity contribution >= 4 is 30.2 Å². The van der Waals surface area contributed by atoms with E-state index in [1.54, 1.807) is 12.3 Å². The van der Waals surface area contributed by atoms with Crippen LogP contribution >= 0.6 is 0 Å². The van der Waals surface area contributed by atoms with E-state index in [0.29, 0.717) is 13.2 Å². The lowest BCUT2D eigenvalue weighted by atomic mass is 9.92. The molecule has 21 heavy (non-hydrogen) atoms. The number of aldehydes is 1. The first-order valence-corrected chi connectivity index (χ1v) is 6.58. The van der Waals surface area contributed by atoms with Crippen molar-refractivity contribution in [1.82, 2.24) is 0 Å². The predicted octanol–water partition coefficient (Wildman–Crippen LogP) is 0.891. The minimum atomic E-state index is -0.864. The zero-order valence-electron chi connectivity index (χ0n) is 11.6. The zero-order chi connectivity index (χ0) is 15.1. The molecule has 0 bridgehead atoms. The van der Waals surface area contributed by atoms with Crippen LogP contribution < -0.4 is 11.5 Å². The number of benzene rings is 1. The molecular formula is C15H18N4O2. The molecule has 4 N–H and O–H groups in total. The Hall–Kier alpha value is -2.47. The Morgan fingerprint density at radius 1 is 1.38 bits per heavy atom. The van der Waals surface area contributed by atoms with Gasteiger partial charge in [0.2, 0.25) is 0 Å². The van der Waals surface area contributed by atoms with Gasteiger partial charge in [0.05, 0.1) is 25.4 Å². The zero-order valence-corrected chi connectivity index (χ0v) is 11.6. The Kier molecular flexibility index (Phi) is 4.84. The van der Waals surface area contributed by atoms with Crippen LogP contribution in [0.1, 0.15) is 5.56 Å². The number of ether oxygens (including phenoxy) is 1. The SMILES string of the molecule is NC(N)=NCCOCC1(C=O)C=Cc2ccccc2N=C1. The number of carbonyl (C=O) groups excluding carboxylic acids is 1. The second-order valence-electron chi connectivity index (χ2n) is 4.74. The van der Waals surface area contributed by atoms with E-state index in [9.17, 15) is 4.79 Å². The Morgan fingerprint density at radius 3 is 2.95 bits per heavy atom. The molecule has 1 aliphatic rings. The van der Waals surface area contributed by atoms with Crippen LogP contribution in [0.5, 0.6) is 0 Å². The lowest BCUT2D eigenvalue weighted by Gasteiger charge is -2.18. The molecule has 1 atom stereocenters.